The first-order chi connectivity index (χ1) is 11.5. The summed E-state index contributed by atoms with van der Waals surface area (Å²) in [6.07, 6.45) is 4.98. The lowest BCUT2D eigenvalue weighted by atomic mass is 10.1. The first-order valence-corrected chi connectivity index (χ1v) is 10.2. The molecule has 24 heavy (non-hydrogen) atoms. The van der Waals surface area contributed by atoms with E-state index in [4.69, 9.17) is 4.74 Å². The van der Waals surface area contributed by atoms with Crippen LogP contribution in [0.3, 0.4) is 0 Å². The van der Waals surface area contributed by atoms with Crippen molar-refractivity contribution in [3.63, 3.8) is 0 Å². The number of carbonyl (C=O) groups excluding carboxylic acids is 1. The number of nitrogens with one attached hydrogen (secondary N) is 1. The fourth-order valence-corrected chi connectivity index (χ4v) is 4.60. The zero-order valence-corrected chi connectivity index (χ0v) is 14.6. The molecule has 0 saturated carbocycles. The highest BCUT2D eigenvalue weighted by Crippen LogP contribution is 2.22. The van der Waals surface area contributed by atoms with Gasteiger partial charge in [-0.3, -0.25) is 4.79 Å². The largest absolute Gasteiger partial charge is 0.377 e. The molecule has 1 unspecified atom stereocenters. The molecule has 1 atom stereocenters. The van der Waals surface area contributed by atoms with Crippen LogP contribution in [0.25, 0.3) is 16.3 Å². The predicted octanol–water partition coefficient (Wildman–Crippen LogP) is 2.32. The van der Waals surface area contributed by atoms with Crippen molar-refractivity contribution in [2.75, 3.05) is 12.4 Å². The Labute approximate surface area is 144 Å². The van der Waals surface area contributed by atoms with Crippen LogP contribution in [0.2, 0.25) is 0 Å². The predicted molar refractivity (Wildman–Crippen MR) is 94.2 cm³/mol. The molecule has 6 nitrogen and oxygen atoms in total. The number of sulfonamides is 1. The lowest BCUT2D eigenvalue weighted by Crippen LogP contribution is -2.37. The monoisotopic (exact) mass is 366 g/mol. The summed E-state index contributed by atoms with van der Waals surface area (Å²) in [5, 5.41) is 0.652. The van der Waals surface area contributed by atoms with Crippen LogP contribution in [-0.2, 0) is 19.6 Å². The van der Waals surface area contributed by atoms with Gasteiger partial charge in [0.1, 0.15) is 5.01 Å². The molecule has 1 saturated heterocycles. The molecule has 1 aliphatic rings. The number of carbonyl (C=O) groups is 1. The Morgan fingerprint density at radius 2 is 2.21 bits per heavy atom. The molecular formula is C16H18N2O4S2. The van der Waals surface area contributed by atoms with Crippen LogP contribution in [0.15, 0.2) is 30.3 Å². The fourth-order valence-electron chi connectivity index (χ4n) is 2.52. The number of ether oxygens (including phenoxy) is 1. The molecule has 0 bridgehead atoms. The zero-order valence-electron chi connectivity index (χ0n) is 13.0. The van der Waals surface area contributed by atoms with Gasteiger partial charge in [0.15, 0.2) is 0 Å². The van der Waals surface area contributed by atoms with Gasteiger partial charge in [0.05, 0.1) is 22.1 Å². The third-order valence-electron chi connectivity index (χ3n) is 3.62. The van der Waals surface area contributed by atoms with Gasteiger partial charge >= 0.3 is 0 Å². The van der Waals surface area contributed by atoms with E-state index >= 15 is 0 Å². The minimum Gasteiger partial charge on any atom is -0.377 e. The fraction of sp³-hybridized carbons (Fsp3) is 0.375. The highest BCUT2D eigenvalue weighted by molar-refractivity contribution is 7.90. The van der Waals surface area contributed by atoms with E-state index in [-0.39, 0.29) is 11.9 Å². The Morgan fingerprint density at radius 1 is 1.38 bits per heavy atom. The summed E-state index contributed by atoms with van der Waals surface area (Å²) in [7, 11) is -3.70. The van der Waals surface area contributed by atoms with Gasteiger partial charge in [-0.05, 0) is 37.5 Å². The standard InChI is InChI=1S/C16H18N2O4S2/c19-15(18-24(20,21)11-12-5-3-4-10-22-12)8-9-16-17-13-6-1-2-7-14(13)23-16/h1-2,6-9,12H,3-5,10-11H2,(H,18,19)/b9-8+. The number of amides is 1. The van der Waals surface area contributed by atoms with Gasteiger partial charge in [0, 0.05) is 12.7 Å². The second kappa shape index (κ2) is 7.42. The topological polar surface area (TPSA) is 85.4 Å². The summed E-state index contributed by atoms with van der Waals surface area (Å²) in [5.74, 6) is -0.863. The Bertz CT molecular complexity index is 819. The summed E-state index contributed by atoms with van der Waals surface area (Å²) in [6, 6.07) is 7.64. The van der Waals surface area contributed by atoms with E-state index in [1.165, 1.54) is 23.5 Å². The molecule has 1 fully saturated rings. The number of para-hydroxylation sites is 1. The number of aromatic nitrogens is 1. The van der Waals surface area contributed by atoms with Crippen molar-refractivity contribution in [3.05, 3.63) is 35.3 Å². The lowest BCUT2D eigenvalue weighted by molar-refractivity contribution is -0.114. The van der Waals surface area contributed by atoms with Crippen molar-refractivity contribution in [2.24, 2.45) is 0 Å². The first-order valence-electron chi connectivity index (χ1n) is 7.71. The normalized spacial score (nSPS) is 18.9. The maximum atomic E-state index is 12.0. The van der Waals surface area contributed by atoms with Crippen molar-refractivity contribution in [1.82, 2.24) is 9.71 Å². The van der Waals surface area contributed by atoms with Gasteiger partial charge in [-0.25, -0.2) is 18.1 Å². The molecule has 1 aromatic heterocycles. The van der Waals surface area contributed by atoms with E-state index in [0.29, 0.717) is 18.0 Å². The maximum absolute atomic E-state index is 12.0. The average molecular weight is 366 g/mol. The number of benzene rings is 1. The Balaban J connectivity index is 1.59. The summed E-state index contributed by atoms with van der Waals surface area (Å²) < 4.78 is 32.5. The second-order valence-electron chi connectivity index (χ2n) is 5.59. The summed E-state index contributed by atoms with van der Waals surface area (Å²) >= 11 is 1.44. The summed E-state index contributed by atoms with van der Waals surface area (Å²) in [5.41, 5.74) is 0.852. The Morgan fingerprint density at radius 3 is 2.96 bits per heavy atom. The average Bonchev–Trinajstić information content (AvgIpc) is 2.96. The first kappa shape index (κ1) is 17.1. The van der Waals surface area contributed by atoms with Crippen molar-refractivity contribution < 1.29 is 17.9 Å². The van der Waals surface area contributed by atoms with E-state index < -0.39 is 15.9 Å². The molecule has 1 amide bonds. The number of rotatable bonds is 5. The van der Waals surface area contributed by atoms with Crippen LogP contribution >= 0.6 is 11.3 Å². The molecule has 8 heteroatoms. The molecule has 0 radical (unpaired) electrons. The number of fused-ring (bicyclic) bond motifs is 1. The van der Waals surface area contributed by atoms with E-state index in [2.05, 4.69) is 9.71 Å². The molecule has 2 aromatic rings. The van der Waals surface area contributed by atoms with Gasteiger partial charge in [-0.15, -0.1) is 11.3 Å². The summed E-state index contributed by atoms with van der Waals surface area (Å²) in [4.78, 5) is 16.2. The molecule has 0 aliphatic carbocycles. The van der Waals surface area contributed by atoms with Crippen LogP contribution in [0.4, 0.5) is 0 Å². The van der Waals surface area contributed by atoms with Gasteiger partial charge in [-0.2, -0.15) is 0 Å². The van der Waals surface area contributed by atoms with Crippen molar-refractivity contribution in [1.29, 1.82) is 0 Å². The lowest BCUT2D eigenvalue weighted by Gasteiger charge is -2.22. The summed E-state index contributed by atoms with van der Waals surface area (Å²) in [6.45, 7) is 0.575. The molecule has 128 valence electrons. The highest BCUT2D eigenvalue weighted by Gasteiger charge is 2.23. The van der Waals surface area contributed by atoms with Crippen LogP contribution in [0.1, 0.15) is 24.3 Å². The minimum absolute atomic E-state index is 0.187. The van der Waals surface area contributed by atoms with E-state index in [9.17, 15) is 13.2 Å². The molecule has 2 heterocycles. The van der Waals surface area contributed by atoms with Crippen LogP contribution in [-0.4, -0.2) is 37.8 Å². The zero-order chi connectivity index (χ0) is 17.0. The van der Waals surface area contributed by atoms with E-state index in [0.717, 1.165) is 23.1 Å². The molecule has 1 aliphatic heterocycles. The van der Waals surface area contributed by atoms with E-state index in [1.54, 1.807) is 0 Å². The number of thiazole rings is 1. The van der Waals surface area contributed by atoms with Gasteiger partial charge in [0.2, 0.25) is 10.0 Å². The molecule has 1 aromatic carbocycles. The number of nitrogens with zero attached hydrogens (tertiary/aromatic N) is 1. The van der Waals surface area contributed by atoms with E-state index in [1.807, 2.05) is 24.3 Å². The van der Waals surface area contributed by atoms with Crippen LogP contribution in [0, 0.1) is 0 Å². The SMILES string of the molecule is O=C(/C=C/c1nc2ccccc2s1)NS(=O)(=O)CC1CCCCO1. The smallest absolute Gasteiger partial charge is 0.257 e. The van der Waals surface area contributed by atoms with Crippen LogP contribution in [0.5, 0.6) is 0 Å². The third kappa shape index (κ3) is 4.62. The third-order valence-corrected chi connectivity index (χ3v) is 5.95. The van der Waals surface area contributed by atoms with Crippen molar-refractivity contribution in [3.8, 4) is 0 Å². The van der Waals surface area contributed by atoms with Crippen LogP contribution < -0.4 is 4.72 Å². The minimum atomic E-state index is -3.70. The quantitative estimate of drug-likeness (QED) is 0.821. The number of hydrogen-bond acceptors (Lipinski definition) is 6. The Hall–Kier alpha value is -1.77. The molecule has 0 spiro atoms. The molecule has 1 N–H and O–H groups in total. The van der Waals surface area contributed by atoms with Gasteiger partial charge in [0.25, 0.3) is 5.91 Å². The highest BCUT2D eigenvalue weighted by atomic mass is 32.2. The van der Waals surface area contributed by atoms with Gasteiger partial charge in [-0.1, -0.05) is 12.1 Å². The number of hydrogen-bond donors (Lipinski definition) is 1. The van der Waals surface area contributed by atoms with Gasteiger partial charge < -0.3 is 4.74 Å². The van der Waals surface area contributed by atoms with Crippen molar-refractivity contribution in [2.45, 2.75) is 25.4 Å². The molecule has 3 rings (SSSR count). The maximum Gasteiger partial charge on any atom is 0.257 e. The Kier molecular flexibility index (Phi) is 5.27. The molecular weight excluding hydrogens is 348 g/mol. The second-order valence-corrected chi connectivity index (χ2v) is 8.42. The van der Waals surface area contributed by atoms with Crippen molar-refractivity contribution >= 4 is 43.6 Å².